The molecule has 2 fully saturated rings. The fraction of sp³-hybridized carbons (Fsp3) is 0.632. The summed E-state index contributed by atoms with van der Waals surface area (Å²) in [5.74, 6) is 0.910. The first-order valence-electron chi connectivity index (χ1n) is 9.25. The van der Waals surface area contributed by atoms with Crippen LogP contribution in [0.2, 0.25) is 0 Å². The van der Waals surface area contributed by atoms with Crippen molar-refractivity contribution in [2.45, 2.75) is 30.1 Å². The van der Waals surface area contributed by atoms with Gasteiger partial charge in [0.1, 0.15) is 0 Å². The zero-order chi connectivity index (χ0) is 18.4. The molecular formula is C19H30BrIN4OS. The maximum Gasteiger partial charge on any atom is 0.191 e. The molecule has 1 aromatic carbocycles. The number of anilines is 1. The highest BCUT2D eigenvalue weighted by atomic mass is 127. The van der Waals surface area contributed by atoms with Gasteiger partial charge >= 0.3 is 0 Å². The topological polar surface area (TPSA) is 48.9 Å². The van der Waals surface area contributed by atoms with Crippen molar-refractivity contribution in [3.63, 3.8) is 0 Å². The number of benzene rings is 1. The van der Waals surface area contributed by atoms with Gasteiger partial charge in [-0.1, -0.05) is 15.9 Å². The Labute approximate surface area is 192 Å². The molecule has 2 N–H and O–H groups in total. The lowest BCUT2D eigenvalue weighted by Gasteiger charge is -2.36. The summed E-state index contributed by atoms with van der Waals surface area (Å²) in [6.45, 7) is 4.73. The minimum absolute atomic E-state index is 0. The van der Waals surface area contributed by atoms with Crippen molar-refractivity contribution in [1.29, 1.82) is 0 Å². The number of guanidine groups is 1. The van der Waals surface area contributed by atoms with Crippen molar-refractivity contribution in [2.24, 2.45) is 4.99 Å². The first kappa shape index (κ1) is 23.1. The summed E-state index contributed by atoms with van der Waals surface area (Å²) in [6.07, 6.45) is 5.52. The zero-order valence-electron chi connectivity index (χ0n) is 16.0. The zero-order valence-corrected chi connectivity index (χ0v) is 20.8. The molecule has 0 aliphatic carbocycles. The summed E-state index contributed by atoms with van der Waals surface area (Å²) in [4.78, 5) is 6.87. The number of hydrogen-bond acceptors (Lipinski definition) is 4. The molecule has 1 atom stereocenters. The Balaban J connectivity index is 0.00000261. The smallest absolute Gasteiger partial charge is 0.191 e. The van der Waals surface area contributed by atoms with Crippen molar-refractivity contribution in [3.8, 4) is 0 Å². The minimum atomic E-state index is 0. The first-order valence-corrected chi connectivity index (χ1v) is 11.3. The molecule has 2 saturated heterocycles. The predicted molar refractivity (Wildman–Crippen MR) is 131 cm³/mol. The van der Waals surface area contributed by atoms with E-state index < -0.39 is 0 Å². The molecule has 8 heteroatoms. The van der Waals surface area contributed by atoms with Crippen LogP contribution >= 0.6 is 51.7 Å². The van der Waals surface area contributed by atoms with Crippen molar-refractivity contribution in [3.05, 3.63) is 28.7 Å². The molecule has 2 heterocycles. The molecule has 1 unspecified atom stereocenters. The van der Waals surface area contributed by atoms with E-state index in [-0.39, 0.29) is 28.7 Å². The lowest BCUT2D eigenvalue weighted by Crippen LogP contribution is -2.50. The average molecular weight is 569 g/mol. The molecule has 2 aliphatic rings. The van der Waals surface area contributed by atoms with Crippen LogP contribution in [-0.2, 0) is 4.74 Å². The normalized spacial score (nSPS) is 22.3. The van der Waals surface area contributed by atoms with Crippen LogP contribution in [0, 0.1) is 0 Å². The fourth-order valence-electron chi connectivity index (χ4n) is 3.59. The van der Waals surface area contributed by atoms with Crippen LogP contribution in [0.15, 0.2) is 33.7 Å². The van der Waals surface area contributed by atoms with Gasteiger partial charge in [0.2, 0.25) is 0 Å². The van der Waals surface area contributed by atoms with Gasteiger partial charge in [0.15, 0.2) is 5.96 Å². The van der Waals surface area contributed by atoms with Gasteiger partial charge in [0.05, 0.1) is 0 Å². The van der Waals surface area contributed by atoms with E-state index in [9.17, 15) is 0 Å². The summed E-state index contributed by atoms with van der Waals surface area (Å²) >= 11 is 5.45. The molecule has 0 bridgehead atoms. The van der Waals surface area contributed by atoms with E-state index in [4.69, 9.17) is 4.74 Å². The second-order valence-corrected chi connectivity index (χ2v) is 9.17. The van der Waals surface area contributed by atoms with E-state index >= 15 is 0 Å². The number of aliphatic imine (C=N–C) groups is 1. The third kappa shape index (κ3) is 6.40. The molecule has 0 aromatic heterocycles. The van der Waals surface area contributed by atoms with Gasteiger partial charge in [-0.3, -0.25) is 4.99 Å². The lowest BCUT2D eigenvalue weighted by molar-refractivity contribution is 0.0782. The summed E-state index contributed by atoms with van der Waals surface area (Å²) in [7, 11) is 1.85. The Hall–Kier alpha value is -0.190. The van der Waals surface area contributed by atoms with Gasteiger partial charge < -0.3 is 20.3 Å². The maximum atomic E-state index is 5.53. The Morgan fingerprint density at radius 3 is 2.67 bits per heavy atom. The van der Waals surface area contributed by atoms with E-state index in [1.54, 1.807) is 0 Å². The standard InChI is InChI=1S/C19H29BrN4OS.HI/c1-21-18(22-14-19(26-2)8-11-25-12-9-19)23-16-7-10-24(13-16)17-5-3-15(20)4-6-17;/h3-6,16H,7-14H2,1-2H3,(H2,21,22,23);1H. The third-order valence-electron chi connectivity index (χ3n) is 5.36. The molecule has 5 nitrogen and oxygen atoms in total. The Morgan fingerprint density at radius 1 is 1.33 bits per heavy atom. The van der Waals surface area contributed by atoms with E-state index in [0.29, 0.717) is 6.04 Å². The molecule has 0 saturated carbocycles. The Bertz CT molecular complexity index is 610. The number of nitrogens with zero attached hydrogens (tertiary/aromatic N) is 2. The molecule has 3 rings (SSSR count). The molecule has 0 radical (unpaired) electrons. The lowest BCUT2D eigenvalue weighted by atomic mass is 9.99. The monoisotopic (exact) mass is 568 g/mol. The highest BCUT2D eigenvalue weighted by Crippen LogP contribution is 2.33. The van der Waals surface area contributed by atoms with E-state index in [0.717, 1.165) is 62.5 Å². The SMILES string of the molecule is CN=C(NCC1(SC)CCOCC1)NC1CCN(c2ccc(Br)cc2)C1.I. The van der Waals surface area contributed by atoms with Crippen molar-refractivity contribution in [2.75, 3.05) is 51.1 Å². The molecule has 27 heavy (non-hydrogen) atoms. The number of hydrogen-bond donors (Lipinski definition) is 2. The van der Waals surface area contributed by atoms with Crippen LogP contribution in [0.1, 0.15) is 19.3 Å². The Kier molecular flexibility index (Phi) is 9.50. The number of ether oxygens (including phenoxy) is 1. The molecule has 0 amide bonds. The van der Waals surface area contributed by atoms with E-state index in [2.05, 4.69) is 67.0 Å². The molecular weight excluding hydrogens is 539 g/mol. The summed E-state index contributed by atoms with van der Waals surface area (Å²) in [6, 6.07) is 8.98. The van der Waals surface area contributed by atoms with Gasteiger partial charge in [0.25, 0.3) is 0 Å². The average Bonchev–Trinajstić information content (AvgIpc) is 3.15. The number of nitrogens with one attached hydrogen (secondary N) is 2. The summed E-state index contributed by atoms with van der Waals surface area (Å²) in [5, 5.41) is 7.16. The highest BCUT2D eigenvalue weighted by molar-refractivity contribution is 14.0. The minimum Gasteiger partial charge on any atom is -0.381 e. The van der Waals surface area contributed by atoms with Gasteiger partial charge in [0, 0.05) is 60.8 Å². The van der Waals surface area contributed by atoms with Crippen LogP contribution in [0.5, 0.6) is 0 Å². The summed E-state index contributed by atoms with van der Waals surface area (Å²) < 4.78 is 6.91. The summed E-state index contributed by atoms with van der Waals surface area (Å²) in [5.41, 5.74) is 1.28. The second-order valence-electron chi connectivity index (χ2n) is 6.98. The van der Waals surface area contributed by atoms with Gasteiger partial charge in [-0.25, -0.2) is 0 Å². The number of thioether (sulfide) groups is 1. The van der Waals surface area contributed by atoms with Gasteiger partial charge in [-0.05, 0) is 49.8 Å². The van der Waals surface area contributed by atoms with Crippen LogP contribution in [0.3, 0.4) is 0 Å². The molecule has 1 aromatic rings. The largest absolute Gasteiger partial charge is 0.381 e. The second kappa shape index (κ2) is 11.1. The fourth-order valence-corrected chi connectivity index (χ4v) is 4.65. The Morgan fingerprint density at radius 2 is 2.04 bits per heavy atom. The molecule has 2 aliphatic heterocycles. The number of rotatable bonds is 5. The number of halogens is 2. The van der Waals surface area contributed by atoms with Crippen LogP contribution in [0.25, 0.3) is 0 Å². The quantitative estimate of drug-likeness (QED) is 0.322. The van der Waals surface area contributed by atoms with Crippen LogP contribution < -0.4 is 15.5 Å². The molecule has 0 spiro atoms. The van der Waals surface area contributed by atoms with Crippen LogP contribution in [0.4, 0.5) is 5.69 Å². The van der Waals surface area contributed by atoms with Crippen molar-refractivity contribution >= 4 is 63.3 Å². The van der Waals surface area contributed by atoms with Gasteiger partial charge in [-0.2, -0.15) is 11.8 Å². The highest BCUT2D eigenvalue weighted by Gasteiger charge is 2.32. The van der Waals surface area contributed by atoms with Gasteiger partial charge in [-0.15, -0.1) is 24.0 Å². The maximum absolute atomic E-state index is 5.53. The molecule has 152 valence electrons. The first-order chi connectivity index (χ1) is 12.6. The predicted octanol–water partition coefficient (Wildman–Crippen LogP) is 3.72. The van der Waals surface area contributed by atoms with E-state index in [1.165, 1.54) is 5.69 Å². The van der Waals surface area contributed by atoms with E-state index in [1.807, 2.05) is 18.8 Å². The van der Waals surface area contributed by atoms with Crippen molar-refractivity contribution < 1.29 is 4.74 Å². The van der Waals surface area contributed by atoms with Crippen molar-refractivity contribution in [1.82, 2.24) is 10.6 Å². The van der Waals surface area contributed by atoms with Crippen LogP contribution in [-0.4, -0.2) is 62.9 Å². The third-order valence-corrected chi connectivity index (χ3v) is 7.31.